The summed E-state index contributed by atoms with van der Waals surface area (Å²) in [6, 6.07) is 7.09. The second kappa shape index (κ2) is 5.21. The molecule has 0 saturated heterocycles. The topological polar surface area (TPSA) is 62.5 Å². The summed E-state index contributed by atoms with van der Waals surface area (Å²) in [5.41, 5.74) is 2.02. The van der Waals surface area contributed by atoms with Crippen LogP contribution in [0.3, 0.4) is 0 Å². The Morgan fingerprint density at radius 3 is 3.05 bits per heavy atom. The first-order valence-electron chi connectivity index (χ1n) is 6.51. The molecule has 0 aliphatic heterocycles. The average Bonchev–Trinajstić information content (AvgIpc) is 2.90. The molecule has 1 atom stereocenters. The van der Waals surface area contributed by atoms with Gasteiger partial charge in [0.05, 0.1) is 22.9 Å². The van der Waals surface area contributed by atoms with Crippen LogP contribution in [0, 0.1) is 0 Å². The van der Waals surface area contributed by atoms with Crippen LogP contribution in [0.4, 0.5) is 5.69 Å². The summed E-state index contributed by atoms with van der Waals surface area (Å²) < 4.78 is 5.45. The Hall–Kier alpha value is -1.94. The molecule has 1 aliphatic rings. The Kier molecular flexibility index (Phi) is 3.40. The molecular formula is C15H14ClNO3. The van der Waals surface area contributed by atoms with Crippen LogP contribution in [0.2, 0.25) is 5.02 Å². The van der Waals surface area contributed by atoms with Gasteiger partial charge in [-0.2, -0.15) is 0 Å². The van der Waals surface area contributed by atoms with E-state index in [0.717, 1.165) is 36.3 Å². The van der Waals surface area contributed by atoms with E-state index in [1.54, 1.807) is 24.5 Å². The van der Waals surface area contributed by atoms with Gasteiger partial charge in [0.1, 0.15) is 5.76 Å². The van der Waals surface area contributed by atoms with Crippen LogP contribution in [0.1, 0.15) is 40.6 Å². The third-order valence-corrected chi connectivity index (χ3v) is 3.92. The van der Waals surface area contributed by atoms with Crippen LogP contribution in [-0.4, -0.2) is 11.1 Å². The molecule has 104 valence electrons. The van der Waals surface area contributed by atoms with Crippen molar-refractivity contribution in [2.45, 2.75) is 25.3 Å². The van der Waals surface area contributed by atoms with Crippen molar-refractivity contribution in [1.29, 1.82) is 0 Å². The Morgan fingerprint density at radius 2 is 2.25 bits per heavy atom. The second-order valence-electron chi connectivity index (χ2n) is 4.89. The Labute approximate surface area is 121 Å². The lowest BCUT2D eigenvalue weighted by atomic mass is 9.93. The first kappa shape index (κ1) is 13.1. The first-order valence-corrected chi connectivity index (χ1v) is 6.88. The molecule has 3 rings (SSSR count). The highest BCUT2D eigenvalue weighted by molar-refractivity contribution is 6.33. The minimum absolute atomic E-state index is 0.111. The van der Waals surface area contributed by atoms with Gasteiger partial charge in [0, 0.05) is 17.7 Å². The summed E-state index contributed by atoms with van der Waals surface area (Å²) in [7, 11) is 0. The van der Waals surface area contributed by atoms with Crippen molar-refractivity contribution >= 4 is 23.3 Å². The largest absolute Gasteiger partial charge is 0.478 e. The summed E-state index contributed by atoms with van der Waals surface area (Å²) in [5.74, 6) is -0.00698. The number of furan rings is 1. The fourth-order valence-electron chi connectivity index (χ4n) is 2.62. The van der Waals surface area contributed by atoms with E-state index in [0.29, 0.717) is 0 Å². The van der Waals surface area contributed by atoms with E-state index in [2.05, 4.69) is 5.32 Å². The molecule has 0 fully saturated rings. The Bertz CT molecular complexity index is 650. The first-order chi connectivity index (χ1) is 9.65. The molecule has 0 bridgehead atoms. The smallest absolute Gasteiger partial charge is 0.337 e. The molecule has 1 aromatic carbocycles. The molecule has 0 spiro atoms. The van der Waals surface area contributed by atoms with E-state index < -0.39 is 5.97 Å². The van der Waals surface area contributed by atoms with E-state index in [1.807, 2.05) is 6.07 Å². The number of aromatic carboxylic acids is 1. The molecular weight excluding hydrogens is 278 g/mol. The highest BCUT2D eigenvalue weighted by Gasteiger charge is 2.22. The zero-order valence-corrected chi connectivity index (χ0v) is 11.5. The molecule has 2 aromatic rings. The lowest BCUT2D eigenvalue weighted by Gasteiger charge is -2.24. The van der Waals surface area contributed by atoms with Crippen LogP contribution in [0.5, 0.6) is 0 Å². The maximum Gasteiger partial charge on any atom is 0.337 e. The number of halogens is 1. The lowest BCUT2D eigenvalue weighted by Crippen LogP contribution is -2.16. The van der Waals surface area contributed by atoms with Crippen LogP contribution in [0.15, 0.2) is 34.9 Å². The van der Waals surface area contributed by atoms with Crippen LogP contribution >= 0.6 is 11.6 Å². The van der Waals surface area contributed by atoms with Crippen molar-refractivity contribution in [2.75, 3.05) is 5.32 Å². The number of carboxylic acids is 1. The number of aryl methyl sites for hydroxylation is 1. The number of fused-ring (bicyclic) bond motifs is 1. The standard InChI is InChI=1S/C15H14ClNO3/c16-12-5-4-9(8-11(12)15(18)19)17-13-2-1-3-14-10(13)6-7-20-14/h4-8,13,17H,1-3H2,(H,18,19). The third kappa shape index (κ3) is 2.39. The molecule has 20 heavy (non-hydrogen) atoms. The molecule has 2 N–H and O–H groups in total. The van der Waals surface area contributed by atoms with Crippen molar-refractivity contribution in [3.05, 3.63) is 52.4 Å². The van der Waals surface area contributed by atoms with Gasteiger partial charge in [-0.3, -0.25) is 0 Å². The van der Waals surface area contributed by atoms with Crippen molar-refractivity contribution in [3.8, 4) is 0 Å². The number of benzene rings is 1. The summed E-state index contributed by atoms with van der Waals surface area (Å²) in [6.07, 6.45) is 4.71. The minimum atomic E-state index is -1.02. The van der Waals surface area contributed by atoms with Gasteiger partial charge in [0.25, 0.3) is 0 Å². The Balaban J connectivity index is 1.86. The minimum Gasteiger partial charge on any atom is -0.478 e. The lowest BCUT2D eigenvalue weighted by molar-refractivity contribution is 0.0697. The second-order valence-corrected chi connectivity index (χ2v) is 5.30. The number of rotatable bonds is 3. The summed E-state index contributed by atoms with van der Waals surface area (Å²) in [4.78, 5) is 11.1. The molecule has 1 aliphatic carbocycles. The molecule has 4 nitrogen and oxygen atoms in total. The van der Waals surface area contributed by atoms with Crippen LogP contribution < -0.4 is 5.32 Å². The Morgan fingerprint density at radius 1 is 1.40 bits per heavy atom. The van der Waals surface area contributed by atoms with Gasteiger partial charge in [0.15, 0.2) is 0 Å². The molecule has 5 heteroatoms. The molecule has 1 unspecified atom stereocenters. The van der Waals surface area contributed by atoms with Crippen LogP contribution in [0.25, 0.3) is 0 Å². The summed E-state index contributed by atoms with van der Waals surface area (Å²) >= 11 is 5.87. The van der Waals surface area contributed by atoms with Crippen molar-refractivity contribution < 1.29 is 14.3 Å². The van der Waals surface area contributed by atoms with Crippen molar-refractivity contribution in [2.24, 2.45) is 0 Å². The predicted octanol–water partition coefficient (Wildman–Crippen LogP) is 4.12. The SMILES string of the molecule is O=C(O)c1cc(NC2CCCc3occc32)ccc1Cl. The number of nitrogens with one attached hydrogen (secondary N) is 1. The maximum atomic E-state index is 11.1. The predicted molar refractivity (Wildman–Crippen MR) is 76.4 cm³/mol. The third-order valence-electron chi connectivity index (χ3n) is 3.59. The zero-order valence-electron chi connectivity index (χ0n) is 10.7. The van der Waals surface area contributed by atoms with Gasteiger partial charge in [0.2, 0.25) is 0 Å². The van der Waals surface area contributed by atoms with Gasteiger partial charge in [-0.15, -0.1) is 0 Å². The molecule has 1 aromatic heterocycles. The summed E-state index contributed by atoms with van der Waals surface area (Å²) in [5, 5.41) is 12.7. The molecule has 0 radical (unpaired) electrons. The highest BCUT2D eigenvalue weighted by Crippen LogP contribution is 2.33. The maximum absolute atomic E-state index is 11.1. The highest BCUT2D eigenvalue weighted by atomic mass is 35.5. The van der Waals surface area contributed by atoms with Crippen LogP contribution in [-0.2, 0) is 6.42 Å². The van der Waals surface area contributed by atoms with E-state index in [-0.39, 0.29) is 16.6 Å². The van der Waals surface area contributed by atoms with E-state index in [9.17, 15) is 4.79 Å². The number of carbonyl (C=O) groups is 1. The molecule has 0 saturated carbocycles. The quantitative estimate of drug-likeness (QED) is 0.893. The average molecular weight is 292 g/mol. The van der Waals surface area contributed by atoms with Gasteiger partial charge < -0.3 is 14.8 Å². The fourth-order valence-corrected chi connectivity index (χ4v) is 2.81. The number of hydrogen-bond donors (Lipinski definition) is 2. The van der Waals surface area contributed by atoms with E-state index in [4.69, 9.17) is 21.1 Å². The fraction of sp³-hybridized carbons (Fsp3) is 0.267. The zero-order chi connectivity index (χ0) is 14.1. The van der Waals surface area contributed by atoms with E-state index >= 15 is 0 Å². The van der Waals surface area contributed by atoms with Crippen molar-refractivity contribution in [3.63, 3.8) is 0 Å². The molecule has 1 heterocycles. The van der Waals surface area contributed by atoms with Gasteiger partial charge in [-0.1, -0.05) is 11.6 Å². The summed E-state index contributed by atoms with van der Waals surface area (Å²) in [6.45, 7) is 0. The van der Waals surface area contributed by atoms with Gasteiger partial charge in [-0.05, 0) is 37.1 Å². The monoisotopic (exact) mass is 291 g/mol. The number of carboxylic acid groups (broad SMARTS) is 1. The van der Waals surface area contributed by atoms with Gasteiger partial charge in [-0.25, -0.2) is 4.79 Å². The number of anilines is 1. The normalized spacial score (nSPS) is 17.6. The van der Waals surface area contributed by atoms with Gasteiger partial charge >= 0.3 is 5.97 Å². The molecule has 0 amide bonds. The van der Waals surface area contributed by atoms with E-state index in [1.165, 1.54) is 0 Å². The van der Waals surface area contributed by atoms with Crippen molar-refractivity contribution in [1.82, 2.24) is 0 Å². The number of hydrogen-bond acceptors (Lipinski definition) is 3.